The molecule has 1 fully saturated rings. The first-order valence-corrected chi connectivity index (χ1v) is 9.72. The zero-order valence-electron chi connectivity index (χ0n) is 16.1. The van der Waals surface area contributed by atoms with Crippen molar-refractivity contribution >= 4 is 5.91 Å². The van der Waals surface area contributed by atoms with E-state index < -0.39 is 0 Å². The Labute approximate surface area is 165 Å². The third kappa shape index (κ3) is 4.46. The highest BCUT2D eigenvalue weighted by molar-refractivity contribution is 5.94. The minimum Gasteiger partial charge on any atom is -0.349 e. The number of pyridine rings is 1. The lowest BCUT2D eigenvalue weighted by Crippen LogP contribution is -2.44. The van der Waals surface area contributed by atoms with Crippen LogP contribution >= 0.6 is 0 Å². The SMILES string of the molecule is Cc1cccc(CN2CCC(NC(=O)c3ccc(-n4cccn4)nc3)CC2)c1. The highest BCUT2D eigenvalue weighted by Crippen LogP contribution is 2.15. The zero-order chi connectivity index (χ0) is 19.3. The third-order valence-corrected chi connectivity index (χ3v) is 5.16. The maximum Gasteiger partial charge on any atom is 0.253 e. The van der Waals surface area contributed by atoms with Crippen LogP contribution in [-0.4, -0.2) is 44.7 Å². The number of hydrogen-bond acceptors (Lipinski definition) is 4. The minimum atomic E-state index is -0.0587. The molecule has 4 rings (SSSR count). The molecular formula is C22H25N5O. The molecule has 0 radical (unpaired) electrons. The molecule has 3 heterocycles. The summed E-state index contributed by atoms with van der Waals surface area (Å²) in [5.41, 5.74) is 3.23. The summed E-state index contributed by atoms with van der Waals surface area (Å²) in [6, 6.07) is 14.3. The number of carbonyl (C=O) groups excluding carboxylic acids is 1. The van der Waals surface area contributed by atoms with Gasteiger partial charge in [0.15, 0.2) is 5.82 Å². The van der Waals surface area contributed by atoms with Gasteiger partial charge in [0.25, 0.3) is 5.91 Å². The Hall–Kier alpha value is -2.99. The van der Waals surface area contributed by atoms with E-state index in [2.05, 4.69) is 51.5 Å². The first-order chi connectivity index (χ1) is 13.7. The predicted molar refractivity (Wildman–Crippen MR) is 108 cm³/mol. The molecule has 0 bridgehead atoms. The molecule has 1 amide bonds. The summed E-state index contributed by atoms with van der Waals surface area (Å²) in [5, 5.41) is 7.30. The van der Waals surface area contributed by atoms with Gasteiger partial charge in [-0.25, -0.2) is 9.67 Å². The minimum absolute atomic E-state index is 0.0587. The van der Waals surface area contributed by atoms with Crippen LogP contribution in [0.2, 0.25) is 0 Å². The molecule has 3 aromatic rings. The van der Waals surface area contributed by atoms with Gasteiger partial charge < -0.3 is 5.32 Å². The van der Waals surface area contributed by atoms with E-state index >= 15 is 0 Å². The highest BCUT2D eigenvalue weighted by atomic mass is 16.1. The highest BCUT2D eigenvalue weighted by Gasteiger charge is 2.21. The van der Waals surface area contributed by atoms with Crippen LogP contribution in [0.3, 0.4) is 0 Å². The molecule has 0 spiro atoms. The molecule has 6 nitrogen and oxygen atoms in total. The van der Waals surface area contributed by atoms with E-state index in [1.807, 2.05) is 18.3 Å². The maximum atomic E-state index is 12.5. The second-order valence-electron chi connectivity index (χ2n) is 7.37. The molecule has 0 saturated carbocycles. The second-order valence-corrected chi connectivity index (χ2v) is 7.37. The van der Waals surface area contributed by atoms with Crippen molar-refractivity contribution in [2.45, 2.75) is 32.4 Å². The van der Waals surface area contributed by atoms with Gasteiger partial charge in [-0.3, -0.25) is 9.69 Å². The van der Waals surface area contributed by atoms with E-state index in [0.717, 1.165) is 32.5 Å². The van der Waals surface area contributed by atoms with Crippen molar-refractivity contribution in [3.8, 4) is 5.82 Å². The van der Waals surface area contributed by atoms with Crippen molar-refractivity contribution in [3.63, 3.8) is 0 Å². The normalized spacial score (nSPS) is 15.5. The number of benzene rings is 1. The summed E-state index contributed by atoms with van der Waals surface area (Å²) >= 11 is 0. The molecular weight excluding hydrogens is 350 g/mol. The Kier molecular flexibility index (Phi) is 5.48. The van der Waals surface area contributed by atoms with Crippen LogP contribution in [-0.2, 0) is 6.54 Å². The van der Waals surface area contributed by atoms with Crippen molar-refractivity contribution in [1.82, 2.24) is 25.0 Å². The largest absolute Gasteiger partial charge is 0.349 e. The number of aryl methyl sites for hydroxylation is 1. The van der Waals surface area contributed by atoms with Crippen LogP contribution in [0.15, 0.2) is 61.1 Å². The standard InChI is InChI=1S/C22H25N5O/c1-17-4-2-5-18(14-17)16-26-12-8-20(9-13-26)25-22(28)19-6-7-21(23-15-19)27-11-3-10-24-27/h2-7,10-11,14-15,20H,8-9,12-13,16H2,1H3,(H,25,28). The van der Waals surface area contributed by atoms with Crippen molar-refractivity contribution in [1.29, 1.82) is 0 Å². The number of aromatic nitrogens is 3. The molecule has 1 saturated heterocycles. The molecule has 0 atom stereocenters. The molecule has 144 valence electrons. The molecule has 1 aliphatic heterocycles. The fourth-order valence-electron chi connectivity index (χ4n) is 3.63. The molecule has 0 unspecified atom stereocenters. The summed E-state index contributed by atoms with van der Waals surface area (Å²) < 4.78 is 1.67. The van der Waals surface area contributed by atoms with Crippen LogP contribution in [0.1, 0.15) is 34.3 Å². The lowest BCUT2D eigenvalue weighted by Gasteiger charge is -2.32. The van der Waals surface area contributed by atoms with Gasteiger partial charge in [0, 0.05) is 44.3 Å². The number of carbonyl (C=O) groups is 1. The first kappa shape index (κ1) is 18.4. The van der Waals surface area contributed by atoms with Gasteiger partial charge >= 0.3 is 0 Å². The van der Waals surface area contributed by atoms with Crippen LogP contribution < -0.4 is 5.32 Å². The quantitative estimate of drug-likeness (QED) is 0.745. The van der Waals surface area contributed by atoms with Crippen molar-refractivity contribution < 1.29 is 4.79 Å². The zero-order valence-corrected chi connectivity index (χ0v) is 16.1. The Morgan fingerprint density at radius 2 is 2.04 bits per heavy atom. The number of likely N-dealkylation sites (tertiary alicyclic amines) is 1. The molecule has 28 heavy (non-hydrogen) atoms. The smallest absolute Gasteiger partial charge is 0.253 e. The Morgan fingerprint density at radius 3 is 2.71 bits per heavy atom. The molecule has 6 heteroatoms. The van der Waals surface area contributed by atoms with E-state index in [1.165, 1.54) is 11.1 Å². The van der Waals surface area contributed by atoms with Gasteiger partial charge in [0.1, 0.15) is 0 Å². The van der Waals surface area contributed by atoms with Gasteiger partial charge in [-0.15, -0.1) is 0 Å². The third-order valence-electron chi connectivity index (χ3n) is 5.16. The van der Waals surface area contributed by atoms with Crippen molar-refractivity contribution in [3.05, 3.63) is 77.7 Å². The van der Waals surface area contributed by atoms with Crippen LogP contribution in [0.4, 0.5) is 0 Å². The molecule has 1 aromatic carbocycles. The molecule has 0 aliphatic carbocycles. The fourth-order valence-corrected chi connectivity index (χ4v) is 3.63. The van der Waals surface area contributed by atoms with Crippen molar-refractivity contribution in [2.75, 3.05) is 13.1 Å². The number of rotatable bonds is 5. The monoisotopic (exact) mass is 375 g/mol. The first-order valence-electron chi connectivity index (χ1n) is 9.72. The van der Waals surface area contributed by atoms with E-state index in [-0.39, 0.29) is 11.9 Å². The Balaban J connectivity index is 1.28. The Morgan fingerprint density at radius 1 is 1.18 bits per heavy atom. The average molecular weight is 375 g/mol. The Bertz CT molecular complexity index is 912. The van der Waals surface area contributed by atoms with Gasteiger partial charge in [0.05, 0.1) is 5.56 Å². The predicted octanol–water partition coefficient (Wildman–Crippen LogP) is 2.97. The number of hydrogen-bond donors (Lipinski definition) is 1. The van der Waals surface area contributed by atoms with Crippen LogP contribution in [0, 0.1) is 6.92 Å². The van der Waals surface area contributed by atoms with Gasteiger partial charge in [-0.1, -0.05) is 29.8 Å². The van der Waals surface area contributed by atoms with Crippen LogP contribution in [0.25, 0.3) is 5.82 Å². The summed E-state index contributed by atoms with van der Waals surface area (Å²) in [6.07, 6.45) is 7.08. The lowest BCUT2D eigenvalue weighted by molar-refractivity contribution is 0.0908. The van der Waals surface area contributed by atoms with Crippen LogP contribution in [0.5, 0.6) is 0 Å². The summed E-state index contributed by atoms with van der Waals surface area (Å²) in [4.78, 5) is 19.3. The summed E-state index contributed by atoms with van der Waals surface area (Å²) in [7, 11) is 0. The van der Waals surface area contributed by atoms with Gasteiger partial charge in [-0.05, 0) is 43.5 Å². The van der Waals surface area contributed by atoms with Gasteiger partial charge in [-0.2, -0.15) is 5.10 Å². The summed E-state index contributed by atoms with van der Waals surface area (Å²) in [5.74, 6) is 0.641. The molecule has 2 aromatic heterocycles. The van der Waals surface area contributed by atoms with E-state index in [4.69, 9.17) is 0 Å². The average Bonchev–Trinajstić information content (AvgIpc) is 3.24. The lowest BCUT2D eigenvalue weighted by atomic mass is 10.0. The molecule has 1 aliphatic rings. The van der Waals surface area contributed by atoms with E-state index in [9.17, 15) is 4.79 Å². The number of nitrogens with one attached hydrogen (secondary N) is 1. The number of amides is 1. The number of piperidine rings is 1. The van der Waals surface area contributed by atoms with E-state index in [0.29, 0.717) is 11.4 Å². The summed E-state index contributed by atoms with van der Waals surface area (Å²) in [6.45, 7) is 5.09. The topological polar surface area (TPSA) is 63.1 Å². The maximum absolute atomic E-state index is 12.5. The molecule has 1 N–H and O–H groups in total. The second kappa shape index (κ2) is 8.35. The van der Waals surface area contributed by atoms with Crippen molar-refractivity contribution in [2.24, 2.45) is 0 Å². The number of nitrogens with zero attached hydrogens (tertiary/aromatic N) is 4. The van der Waals surface area contributed by atoms with E-state index in [1.54, 1.807) is 23.1 Å². The fraction of sp³-hybridized carbons (Fsp3) is 0.318. The van der Waals surface area contributed by atoms with Gasteiger partial charge in [0.2, 0.25) is 0 Å².